The van der Waals surface area contributed by atoms with Crippen LogP contribution in [-0.4, -0.2) is 24.5 Å². The highest BCUT2D eigenvalue weighted by Gasteiger charge is 2.42. The first-order valence-electron chi connectivity index (χ1n) is 8.71. The number of hydrogen-bond donors (Lipinski definition) is 2. The van der Waals surface area contributed by atoms with Gasteiger partial charge < -0.3 is 15.8 Å². The molecule has 3 N–H and O–H groups in total. The van der Waals surface area contributed by atoms with E-state index in [1.54, 1.807) is 6.92 Å². The summed E-state index contributed by atoms with van der Waals surface area (Å²) >= 11 is 0. The summed E-state index contributed by atoms with van der Waals surface area (Å²) in [6.07, 6.45) is 5.22. The van der Waals surface area contributed by atoms with Crippen molar-refractivity contribution in [3.63, 3.8) is 0 Å². The highest BCUT2D eigenvalue weighted by atomic mass is 35.5. The molecule has 5 nitrogen and oxygen atoms in total. The van der Waals surface area contributed by atoms with E-state index < -0.39 is 17.5 Å². The van der Waals surface area contributed by atoms with E-state index in [0.29, 0.717) is 12.8 Å². The number of esters is 1. The first-order valence-corrected chi connectivity index (χ1v) is 8.71. The van der Waals surface area contributed by atoms with E-state index in [0.717, 1.165) is 31.2 Å². The second-order valence-electron chi connectivity index (χ2n) is 6.70. The van der Waals surface area contributed by atoms with Crippen molar-refractivity contribution in [3.8, 4) is 0 Å². The summed E-state index contributed by atoms with van der Waals surface area (Å²) in [6, 6.07) is 9.14. The molecule has 0 aromatic heterocycles. The molecule has 0 aliphatic heterocycles. The van der Waals surface area contributed by atoms with Crippen LogP contribution in [0.25, 0.3) is 0 Å². The zero-order valence-electron chi connectivity index (χ0n) is 15.0. The first kappa shape index (κ1) is 21.5. The Labute approximate surface area is 156 Å². The molecule has 2 atom stereocenters. The molecule has 1 aliphatic carbocycles. The Hall–Kier alpha value is -1.59. The summed E-state index contributed by atoms with van der Waals surface area (Å²) in [5.74, 6) is -0.978. The van der Waals surface area contributed by atoms with Gasteiger partial charge in [-0.05, 0) is 18.4 Å². The van der Waals surface area contributed by atoms with Crippen molar-refractivity contribution < 1.29 is 14.3 Å². The van der Waals surface area contributed by atoms with Gasteiger partial charge in [0.2, 0.25) is 5.91 Å². The van der Waals surface area contributed by atoms with Crippen molar-refractivity contribution in [2.75, 3.05) is 7.11 Å². The molecule has 6 heteroatoms. The lowest BCUT2D eigenvalue weighted by Crippen LogP contribution is -2.56. The average molecular weight is 369 g/mol. The van der Waals surface area contributed by atoms with Crippen LogP contribution in [0.15, 0.2) is 30.3 Å². The number of methoxy groups -OCH3 is 1. The smallest absolute Gasteiger partial charge is 0.331 e. The van der Waals surface area contributed by atoms with E-state index in [2.05, 4.69) is 5.32 Å². The van der Waals surface area contributed by atoms with Crippen LogP contribution in [0.3, 0.4) is 0 Å². The zero-order chi connectivity index (χ0) is 17.6. The molecule has 1 aromatic rings. The maximum atomic E-state index is 12.8. The molecule has 1 saturated carbocycles. The Morgan fingerprint density at radius 3 is 2.20 bits per heavy atom. The van der Waals surface area contributed by atoms with Crippen LogP contribution in [0.1, 0.15) is 57.1 Å². The Morgan fingerprint density at radius 2 is 1.68 bits per heavy atom. The van der Waals surface area contributed by atoms with Gasteiger partial charge in [0.15, 0.2) is 0 Å². The van der Waals surface area contributed by atoms with E-state index in [4.69, 9.17) is 10.5 Å². The molecular formula is C19H29ClN2O3. The number of carbonyl (C=O) groups is 2. The largest absolute Gasteiger partial charge is 0.467 e. The molecule has 25 heavy (non-hydrogen) atoms. The fourth-order valence-corrected chi connectivity index (χ4v) is 3.38. The van der Waals surface area contributed by atoms with Crippen LogP contribution >= 0.6 is 12.4 Å². The van der Waals surface area contributed by atoms with Crippen LogP contribution in [0.2, 0.25) is 0 Å². The second-order valence-corrected chi connectivity index (χ2v) is 6.70. The third-order valence-electron chi connectivity index (χ3n) is 5.03. The van der Waals surface area contributed by atoms with Crippen LogP contribution in [0, 0.1) is 5.92 Å². The van der Waals surface area contributed by atoms with E-state index in [1.165, 1.54) is 7.11 Å². The zero-order valence-corrected chi connectivity index (χ0v) is 15.8. The Morgan fingerprint density at radius 1 is 1.12 bits per heavy atom. The van der Waals surface area contributed by atoms with Gasteiger partial charge in [-0.25, -0.2) is 4.79 Å². The molecular weight excluding hydrogens is 340 g/mol. The van der Waals surface area contributed by atoms with Crippen molar-refractivity contribution in [3.05, 3.63) is 35.9 Å². The minimum atomic E-state index is -0.910. The summed E-state index contributed by atoms with van der Waals surface area (Å²) < 4.78 is 4.99. The molecule has 0 heterocycles. The van der Waals surface area contributed by atoms with Crippen LogP contribution in [0.4, 0.5) is 0 Å². The van der Waals surface area contributed by atoms with Crippen molar-refractivity contribution in [1.82, 2.24) is 5.32 Å². The van der Waals surface area contributed by atoms with Gasteiger partial charge in [-0.3, -0.25) is 4.79 Å². The van der Waals surface area contributed by atoms with E-state index in [1.807, 2.05) is 30.3 Å². The van der Waals surface area contributed by atoms with Gasteiger partial charge in [-0.2, -0.15) is 0 Å². The van der Waals surface area contributed by atoms with Crippen molar-refractivity contribution >= 4 is 24.3 Å². The van der Waals surface area contributed by atoms with Gasteiger partial charge in [-0.1, -0.05) is 62.9 Å². The lowest BCUT2D eigenvalue weighted by molar-refractivity contribution is -0.152. The maximum Gasteiger partial charge on any atom is 0.331 e. The van der Waals surface area contributed by atoms with Crippen LogP contribution in [-0.2, 0) is 14.3 Å². The molecule has 140 valence electrons. The molecule has 0 spiro atoms. The summed E-state index contributed by atoms with van der Waals surface area (Å²) in [5.41, 5.74) is 6.25. The fraction of sp³-hybridized carbons (Fsp3) is 0.579. The van der Waals surface area contributed by atoms with Crippen LogP contribution < -0.4 is 11.1 Å². The van der Waals surface area contributed by atoms with Crippen LogP contribution in [0.5, 0.6) is 0 Å². The summed E-state index contributed by atoms with van der Waals surface area (Å²) in [5, 5.41) is 2.98. The third kappa shape index (κ3) is 5.19. The lowest BCUT2D eigenvalue weighted by Gasteiger charge is -2.33. The minimum Gasteiger partial charge on any atom is -0.467 e. The van der Waals surface area contributed by atoms with Crippen molar-refractivity contribution in [2.24, 2.45) is 11.7 Å². The molecule has 0 bridgehead atoms. The number of nitrogens with two attached hydrogens (primary N) is 1. The molecule has 1 amide bonds. The summed E-state index contributed by atoms with van der Waals surface area (Å²) in [6.45, 7) is 1.80. The summed E-state index contributed by atoms with van der Waals surface area (Å²) in [7, 11) is 1.38. The van der Waals surface area contributed by atoms with Crippen molar-refractivity contribution in [2.45, 2.75) is 57.0 Å². The van der Waals surface area contributed by atoms with E-state index in [9.17, 15) is 9.59 Å². The highest BCUT2D eigenvalue weighted by Crippen LogP contribution is 2.29. The lowest BCUT2D eigenvalue weighted by atomic mass is 9.88. The fourth-order valence-electron chi connectivity index (χ4n) is 3.38. The highest BCUT2D eigenvalue weighted by molar-refractivity contribution is 5.89. The van der Waals surface area contributed by atoms with Gasteiger partial charge in [0.1, 0.15) is 5.54 Å². The number of rotatable bonds is 5. The molecule has 1 fully saturated rings. The molecule has 1 aromatic carbocycles. The van der Waals surface area contributed by atoms with Gasteiger partial charge in [0.05, 0.1) is 13.0 Å². The quantitative estimate of drug-likeness (QED) is 0.618. The molecule has 0 radical (unpaired) electrons. The second kappa shape index (κ2) is 9.78. The monoisotopic (exact) mass is 368 g/mol. The van der Waals surface area contributed by atoms with Crippen molar-refractivity contribution in [1.29, 1.82) is 0 Å². The minimum absolute atomic E-state index is 0. The molecule has 2 rings (SSSR count). The SMILES string of the molecule is COC(=O)C1(NC(=O)C(C)C(N)c2ccccc2)CCCCCC1.Cl. The number of amides is 1. The molecule has 0 saturated heterocycles. The Kier molecular flexibility index (Phi) is 8.39. The number of ether oxygens (including phenoxy) is 1. The number of hydrogen-bond acceptors (Lipinski definition) is 4. The number of carbonyl (C=O) groups excluding carboxylic acids is 2. The van der Waals surface area contributed by atoms with E-state index >= 15 is 0 Å². The standard InChI is InChI=1S/C19H28N2O3.ClH/c1-14(16(20)15-10-6-5-7-11-15)17(22)21-19(18(23)24-2)12-8-3-4-9-13-19;/h5-7,10-11,14,16H,3-4,8-9,12-13,20H2,1-2H3,(H,21,22);1H. The molecule has 2 unspecified atom stereocenters. The Balaban J connectivity index is 0.00000312. The predicted molar refractivity (Wildman–Crippen MR) is 100 cm³/mol. The first-order chi connectivity index (χ1) is 11.5. The normalized spacial score (nSPS) is 18.8. The predicted octanol–water partition coefficient (Wildman–Crippen LogP) is 3.13. The number of halogens is 1. The van der Waals surface area contributed by atoms with E-state index in [-0.39, 0.29) is 24.3 Å². The van der Waals surface area contributed by atoms with Gasteiger partial charge in [-0.15, -0.1) is 12.4 Å². The topological polar surface area (TPSA) is 81.4 Å². The number of benzene rings is 1. The summed E-state index contributed by atoms with van der Waals surface area (Å²) in [4.78, 5) is 25.1. The maximum absolute atomic E-state index is 12.8. The van der Waals surface area contributed by atoms with Gasteiger partial charge >= 0.3 is 5.97 Å². The van der Waals surface area contributed by atoms with Gasteiger partial charge in [0.25, 0.3) is 0 Å². The number of nitrogens with one attached hydrogen (secondary N) is 1. The van der Waals surface area contributed by atoms with Gasteiger partial charge in [0, 0.05) is 6.04 Å². The molecule has 1 aliphatic rings. The third-order valence-corrected chi connectivity index (χ3v) is 5.03. The average Bonchev–Trinajstić information content (AvgIpc) is 2.86. The Bertz CT molecular complexity index is 557.